The van der Waals surface area contributed by atoms with Gasteiger partial charge in [0.25, 0.3) is 0 Å². The van der Waals surface area contributed by atoms with E-state index in [0.29, 0.717) is 12.0 Å². The summed E-state index contributed by atoms with van der Waals surface area (Å²) in [7, 11) is -4.42. The third-order valence-corrected chi connectivity index (χ3v) is 4.38. The molecule has 21 heavy (non-hydrogen) atoms. The second kappa shape index (κ2) is 7.75. The first kappa shape index (κ1) is 18.7. The van der Waals surface area contributed by atoms with Crippen molar-refractivity contribution in [1.29, 1.82) is 0 Å². The van der Waals surface area contributed by atoms with E-state index in [-0.39, 0.29) is 34.5 Å². The van der Waals surface area contributed by atoms with Crippen molar-refractivity contribution in [3.63, 3.8) is 0 Å². The Labute approximate surface area is 148 Å². The predicted molar refractivity (Wildman–Crippen MR) is 79.9 cm³/mol. The van der Waals surface area contributed by atoms with Crippen molar-refractivity contribution < 1.29 is 42.5 Å². The molecule has 0 amide bonds. The first-order valence-corrected chi connectivity index (χ1v) is 8.38. The Morgan fingerprint density at radius 3 is 2.19 bits per heavy atom. The summed E-state index contributed by atoms with van der Waals surface area (Å²) in [5.41, 5.74) is 1.84. The van der Waals surface area contributed by atoms with E-state index in [1.165, 1.54) is 11.6 Å². The minimum absolute atomic E-state index is 0. The van der Waals surface area contributed by atoms with E-state index in [9.17, 15) is 13.0 Å². The van der Waals surface area contributed by atoms with Gasteiger partial charge in [-0.3, -0.25) is 0 Å². The molecule has 0 aliphatic heterocycles. The van der Waals surface area contributed by atoms with Gasteiger partial charge >= 0.3 is 29.6 Å². The van der Waals surface area contributed by atoms with Crippen LogP contribution in [0.3, 0.4) is 0 Å². The van der Waals surface area contributed by atoms with Gasteiger partial charge in [0.15, 0.2) is 0 Å². The van der Waals surface area contributed by atoms with Gasteiger partial charge in [-0.25, -0.2) is 8.42 Å². The zero-order valence-electron chi connectivity index (χ0n) is 12.8. The van der Waals surface area contributed by atoms with Crippen molar-refractivity contribution in [3.8, 4) is 0 Å². The summed E-state index contributed by atoms with van der Waals surface area (Å²) in [4.78, 5) is -0.0690. The summed E-state index contributed by atoms with van der Waals surface area (Å²) in [6.45, 7) is 4.09. The van der Waals surface area contributed by atoms with Crippen molar-refractivity contribution in [1.82, 2.24) is 0 Å². The first-order chi connectivity index (χ1) is 9.47. The minimum atomic E-state index is -4.42. The van der Waals surface area contributed by atoms with E-state index in [4.69, 9.17) is 0 Å². The van der Waals surface area contributed by atoms with Crippen molar-refractivity contribution in [2.75, 3.05) is 0 Å². The topological polar surface area (TPSA) is 57.2 Å². The molecule has 0 spiro atoms. The molecule has 0 aliphatic carbocycles. The summed E-state index contributed by atoms with van der Waals surface area (Å²) in [5, 5.41) is 1.88. The monoisotopic (exact) mass is 314 g/mol. The van der Waals surface area contributed by atoms with E-state index in [1.54, 1.807) is 6.07 Å². The van der Waals surface area contributed by atoms with Crippen molar-refractivity contribution >= 4 is 20.9 Å². The molecular weight excluding hydrogens is 295 g/mol. The molecule has 0 unspecified atom stereocenters. The summed E-state index contributed by atoms with van der Waals surface area (Å²) in [5.74, 6) is 0. The van der Waals surface area contributed by atoms with Gasteiger partial charge in [-0.15, -0.1) is 0 Å². The van der Waals surface area contributed by atoms with Crippen LogP contribution in [0.25, 0.3) is 10.8 Å². The molecule has 3 nitrogen and oxygen atoms in total. The van der Waals surface area contributed by atoms with Crippen molar-refractivity contribution in [2.24, 2.45) is 0 Å². The van der Waals surface area contributed by atoms with E-state index in [2.05, 4.69) is 13.0 Å². The Bertz CT molecular complexity index is 724. The smallest absolute Gasteiger partial charge is 0.744 e. The molecule has 0 N–H and O–H groups in total. The SMILES string of the molecule is CCCc1ccc2ccc(S(=O)(=O)[O-])c(CCC)c2c1.[Na+]. The molecule has 0 saturated carbocycles. The van der Waals surface area contributed by atoms with E-state index in [1.807, 2.05) is 19.1 Å². The maximum Gasteiger partial charge on any atom is 1.00 e. The largest absolute Gasteiger partial charge is 1.00 e. The molecule has 2 aromatic carbocycles. The minimum Gasteiger partial charge on any atom is -0.744 e. The van der Waals surface area contributed by atoms with Crippen LogP contribution >= 0.6 is 0 Å². The summed E-state index contributed by atoms with van der Waals surface area (Å²) >= 11 is 0. The second-order valence-electron chi connectivity index (χ2n) is 5.05. The summed E-state index contributed by atoms with van der Waals surface area (Å²) in [6.07, 6.45) is 3.40. The normalized spacial score (nSPS) is 11.4. The van der Waals surface area contributed by atoms with Crippen LogP contribution in [-0.4, -0.2) is 13.0 Å². The van der Waals surface area contributed by atoms with Gasteiger partial charge in [0, 0.05) is 0 Å². The van der Waals surface area contributed by atoms with E-state index in [0.717, 1.165) is 30.0 Å². The third-order valence-electron chi connectivity index (χ3n) is 3.46. The van der Waals surface area contributed by atoms with Crippen LogP contribution < -0.4 is 29.6 Å². The first-order valence-electron chi connectivity index (χ1n) is 6.97. The quantitative estimate of drug-likeness (QED) is 0.601. The molecule has 0 heterocycles. The molecule has 108 valence electrons. The third kappa shape index (κ3) is 4.30. The summed E-state index contributed by atoms with van der Waals surface area (Å²) < 4.78 is 34.3. The molecule has 0 aromatic heterocycles. The predicted octanol–water partition coefficient (Wildman–Crippen LogP) is 0.653. The summed E-state index contributed by atoms with van der Waals surface area (Å²) in [6, 6.07) is 9.25. The average molecular weight is 314 g/mol. The van der Waals surface area contributed by atoms with Crippen LogP contribution in [-0.2, 0) is 23.0 Å². The molecule has 0 fully saturated rings. The zero-order valence-corrected chi connectivity index (χ0v) is 15.7. The molecule has 0 atom stereocenters. The van der Waals surface area contributed by atoms with Gasteiger partial charge in [0.2, 0.25) is 0 Å². The number of rotatable bonds is 5. The van der Waals surface area contributed by atoms with Crippen LogP contribution in [0.15, 0.2) is 35.2 Å². The molecule has 5 heteroatoms. The van der Waals surface area contributed by atoms with Crippen LogP contribution in [0, 0.1) is 0 Å². The molecule has 0 saturated heterocycles. The fraction of sp³-hybridized carbons (Fsp3) is 0.375. The van der Waals surface area contributed by atoms with Crippen LogP contribution in [0.4, 0.5) is 0 Å². The number of fused-ring (bicyclic) bond motifs is 1. The van der Waals surface area contributed by atoms with Gasteiger partial charge in [-0.1, -0.05) is 51.0 Å². The van der Waals surface area contributed by atoms with Crippen LogP contribution in [0.5, 0.6) is 0 Å². The van der Waals surface area contributed by atoms with Gasteiger partial charge in [0.05, 0.1) is 4.90 Å². The molecule has 2 rings (SSSR count). The molecule has 0 bridgehead atoms. The van der Waals surface area contributed by atoms with Gasteiger partial charge in [-0.05, 0) is 40.8 Å². The standard InChI is InChI=1S/C16H20O3S.Na/c1-3-5-12-7-8-13-9-10-16(20(17,18)19)14(6-4-2)15(13)11-12;/h7-11H,3-6H2,1-2H3,(H,17,18,19);/q;+1/p-1. The fourth-order valence-corrected chi connectivity index (χ4v) is 3.34. The van der Waals surface area contributed by atoms with Crippen molar-refractivity contribution in [2.45, 2.75) is 44.4 Å². The Kier molecular flexibility index (Phi) is 6.88. The van der Waals surface area contributed by atoms with Crippen LogP contribution in [0.2, 0.25) is 0 Å². The zero-order chi connectivity index (χ0) is 14.8. The fourth-order valence-electron chi connectivity index (χ4n) is 2.60. The average Bonchev–Trinajstić information content (AvgIpc) is 2.38. The van der Waals surface area contributed by atoms with Gasteiger partial charge in [0.1, 0.15) is 10.1 Å². The number of hydrogen-bond donors (Lipinski definition) is 0. The van der Waals surface area contributed by atoms with E-state index >= 15 is 0 Å². The Morgan fingerprint density at radius 1 is 1.00 bits per heavy atom. The number of hydrogen-bond acceptors (Lipinski definition) is 3. The van der Waals surface area contributed by atoms with E-state index < -0.39 is 10.1 Å². The Hall–Kier alpha value is -0.390. The number of aryl methyl sites for hydroxylation is 2. The van der Waals surface area contributed by atoms with Gasteiger partial charge in [-0.2, -0.15) is 0 Å². The maximum absolute atomic E-state index is 11.4. The molecule has 0 radical (unpaired) electrons. The number of benzene rings is 2. The van der Waals surface area contributed by atoms with Crippen LogP contribution in [0.1, 0.15) is 37.8 Å². The molecule has 0 aliphatic rings. The van der Waals surface area contributed by atoms with Crippen molar-refractivity contribution in [3.05, 3.63) is 41.5 Å². The Balaban J connectivity index is 0.00000220. The maximum atomic E-state index is 11.4. The second-order valence-corrected chi connectivity index (χ2v) is 6.40. The Morgan fingerprint density at radius 2 is 1.62 bits per heavy atom. The molecular formula is C16H19NaO3S. The van der Waals surface area contributed by atoms with Gasteiger partial charge < -0.3 is 4.55 Å². The molecule has 2 aromatic rings.